The summed E-state index contributed by atoms with van der Waals surface area (Å²) < 4.78 is 13.5. The summed E-state index contributed by atoms with van der Waals surface area (Å²) in [4.78, 5) is 22.2. The molecule has 0 saturated heterocycles. The maximum Gasteiger partial charge on any atom is 0.250 e. The fourth-order valence-electron chi connectivity index (χ4n) is 1.37. The van der Waals surface area contributed by atoms with E-state index in [4.69, 9.17) is 11.5 Å². The van der Waals surface area contributed by atoms with Gasteiger partial charge in [-0.2, -0.15) is 0 Å². The van der Waals surface area contributed by atoms with Crippen molar-refractivity contribution in [2.45, 2.75) is 6.92 Å². The zero-order valence-corrected chi connectivity index (χ0v) is 9.92. The van der Waals surface area contributed by atoms with Crippen LogP contribution in [-0.2, 0) is 4.79 Å². The molecule has 6 nitrogen and oxygen atoms in total. The molecule has 98 valence electrons. The van der Waals surface area contributed by atoms with Crippen LogP contribution in [-0.4, -0.2) is 24.9 Å². The number of carbonyl (C=O) groups is 2. The van der Waals surface area contributed by atoms with Crippen molar-refractivity contribution in [1.29, 1.82) is 0 Å². The number of hydrogen-bond donors (Lipinski definition) is 4. The van der Waals surface area contributed by atoms with Crippen molar-refractivity contribution >= 4 is 23.2 Å². The molecule has 0 heterocycles. The Balaban J connectivity index is 2.86. The molecule has 0 unspecified atom stereocenters. The van der Waals surface area contributed by atoms with Gasteiger partial charge in [-0.3, -0.25) is 9.59 Å². The molecule has 1 aromatic carbocycles. The Morgan fingerprint density at radius 1 is 1.39 bits per heavy atom. The van der Waals surface area contributed by atoms with E-state index >= 15 is 0 Å². The van der Waals surface area contributed by atoms with Crippen LogP contribution in [0, 0.1) is 5.82 Å². The van der Waals surface area contributed by atoms with E-state index in [0.29, 0.717) is 6.54 Å². The third-order valence-electron chi connectivity index (χ3n) is 2.22. The van der Waals surface area contributed by atoms with E-state index in [1.165, 1.54) is 6.07 Å². The number of nitrogen functional groups attached to an aromatic ring is 1. The molecule has 7 heteroatoms. The average Bonchev–Trinajstić information content (AvgIpc) is 2.27. The minimum atomic E-state index is -0.756. The van der Waals surface area contributed by atoms with Gasteiger partial charge in [0.05, 0.1) is 17.8 Å². The van der Waals surface area contributed by atoms with Crippen molar-refractivity contribution in [2.75, 3.05) is 24.1 Å². The van der Waals surface area contributed by atoms with Crippen LogP contribution in [0.25, 0.3) is 0 Å². The zero-order chi connectivity index (χ0) is 13.7. The Hall–Kier alpha value is -2.31. The van der Waals surface area contributed by atoms with E-state index in [2.05, 4.69) is 10.6 Å². The molecule has 0 aromatic heterocycles. The smallest absolute Gasteiger partial charge is 0.250 e. The first-order valence-corrected chi connectivity index (χ1v) is 5.35. The van der Waals surface area contributed by atoms with Gasteiger partial charge in [0, 0.05) is 12.2 Å². The van der Waals surface area contributed by atoms with E-state index in [-0.39, 0.29) is 29.4 Å². The maximum absolute atomic E-state index is 13.5. The van der Waals surface area contributed by atoms with Gasteiger partial charge in [-0.1, -0.05) is 0 Å². The molecular weight excluding hydrogens is 239 g/mol. The van der Waals surface area contributed by atoms with E-state index in [9.17, 15) is 14.0 Å². The van der Waals surface area contributed by atoms with Crippen molar-refractivity contribution in [2.24, 2.45) is 5.73 Å². The second-order valence-corrected chi connectivity index (χ2v) is 3.59. The maximum atomic E-state index is 13.5. The zero-order valence-electron chi connectivity index (χ0n) is 9.92. The van der Waals surface area contributed by atoms with Gasteiger partial charge in [0.1, 0.15) is 5.82 Å². The van der Waals surface area contributed by atoms with Crippen molar-refractivity contribution in [3.8, 4) is 0 Å². The predicted molar refractivity (Wildman–Crippen MR) is 66.5 cm³/mol. The largest absolute Gasteiger partial charge is 0.398 e. The number of carbonyl (C=O) groups excluding carboxylic acids is 2. The number of primary amides is 1. The van der Waals surface area contributed by atoms with Crippen molar-refractivity contribution in [1.82, 2.24) is 5.32 Å². The lowest BCUT2D eigenvalue weighted by molar-refractivity contribution is -0.119. The van der Waals surface area contributed by atoms with Gasteiger partial charge in [-0.05, 0) is 19.1 Å². The SMILES string of the molecule is CCNC(=O)CNc1cc(C(N)=O)c(N)cc1F. The van der Waals surface area contributed by atoms with Gasteiger partial charge < -0.3 is 22.1 Å². The van der Waals surface area contributed by atoms with E-state index in [1.54, 1.807) is 6.92 Å². The molecule has 0 aliphatic carbocycles. The van der Waals surface area contributed by atoms with Crippen molar-refractivity contribution in [3.63, 3.8) is 0 Å². The van der Waals surface area contributed by atoms with Gasteiger partial charge in [-0.25, -0.2) is 4.39 Å². The summed E-state index contributed by atoms with van der Waals surface area (Å²) in [5.74, 6) is -1.69. The highest BCUT2D eigenvalue weighted by atomic mass is 19.1. The Morgan fingerprint density at radius 2 is 2.06 bits per heavy atom. The fraction of sp³-hybridized carbons (Fsp3) is 0.273. The topological polar surface area (TPSA) is 110 Å². The number of halogens is 1. The molecule has 1 rings (SSSR count). The van der Waals surface area contributed by atoms with Crippen LogP contribution in [0.4, 0.5) is 15.8 Å². The van der Waals surface area contributed by atoms with E-state index < -0.39 is 11.7 Å². The molecule has 6 N–H and O–H groups in total. The highest BCUT2D eigenvalue weighted by molar-refractivity contribution is 5.99. The molecule has 18 heavy (non-hydrogen) atoms. The minimum Gasteiger partial charge on any atom is -0.398 e. The molecule has 0 bridgehead atoms. The summed E-state index contributed by atoms with van der Waals surface area (Å²) in [6.07, 6.45) is 0. The second-order valence-electron chi connectivity index (χ2n) is 3.59. The molecule has 2 amide bonds. The number of anilines is 2. The number of hydrogen-bond acceptors (Lipinski definition) is 4. The molecule has 0 saturated carbocycles. The normalized spacial score (nSPS) is 9.89. The van der Waals surface area contributed by atoms with E-state index in [1.807, 2.05) is 0 Å². The van der Waals surface area contributed by atoms with Crippen LogP contribution >= 0.6 is 0 Å². The monoisotopic (exact) mass is 254 g/mol. The summed E-state index contributed by atoms with van der Waals surface area (Å²) >= 11 is 0. The van der Waals surface area contributed by atoms with Gasteiger partial charge in [0.2, 0.25) is 5.91 Å². The third-order valence-corrected chi connectivity index (χ3v) is 2.22. The third kappa shape index (κ3) is 3.34. The molecular formula is C11H15FN4O2. The van der Waals surface area contributed by atoms with Gasteiger partial charge >= 0.3 is 0 Å². The first-order chi connectivity index (χ1) is 8.45. The predicted octanol–water partition coefficient (Wildman–Crippen LogP) is 0.0548. The number of nitrogens with two attached hydrogens (primary N) is 2. The van der Waals surface area contributed by atoms with Crippen molar-refractivity contribution < 1.29 is 14.0 Å². The Kier molecular flexibility index (Phi) is 4.47. The lowest BCUT2D eigenvalue weighted by Gasteiger charge is -2.10. The van der Waals surface area contributed by atoms with Gasteiger partial charge in [0.15, 0.2) is 0 Å². The standard InChI is InChI=1S/C11H15FN4O2/c1-2-15-10(17)5-16-9-3-6(11(14)18)8(13)4-7(9)12/h3-4,16H,2,5,13H2,1H3,(H2,14,18)(H,15,17). The van der Waals surface area contributed by atoms with Crippen LogP contribution in [0.3, 0.4) is 0 Å². The first-order valence-electron chi connectivity index (χ1n) is 5.35. The van der Waals surface area contributed by atoms with Crippen LogP contribution < -0.4 is 22.1 Å². The summed E-state index contributed by atoms with van der Waals surface area (Å²) in [6, 6.07) is 2.17. The lowest BCUT2D eigenvalue weighted by Crippen LogP contribution is -2.29. The number of amides is 2. The van der Waals surface area contributed by atoms with Crippen LogP contribution in [0.2, 0.25) is 0 Å². The Bertz CT molecular complexity index is 476. The molecule has 1 aromatic rings. The Morgan fingerprint density at radius 3 is 2.61 bits per heavy atom. The van der Waals surface area contributed by atoms with Crippen molar-refractivity contribution in [3.05, 3.63) is 23.5 Å². The highest BCUT2D eigenvalue weighted by Gasteiger charge is 2.12. The highest BCUT2D eigenvalue weighted by Crippen LogP contribution is 2.21. The van der Waals surface area contributed by atoms with Crippen LogP contribution in [0.5, 0.6) is 0 Å². The van der Waals surface area contributed by atoms with Crippen LogP contribution in [0.1, 0.15) is 17.3 Å². The average molecular weight is 254 g/mol. The number of nitrogens with one attached hydrogen (secondary N) is 2. The second kappa shape index (κ2) is 5.85. The quantitative estimate of drug-likeness (QED) is 0.556. The molecule has 0 spiro atoms. The van der Waals surface area contributed by atoms with Crippen LogP contribution in [0.15, 0.2) is 12.1 Å². The van der Waals surface area contributed by atoms with Gasteiger partial charge in [-0.15, -0.1) is 0 Å². The molecule has 0 fully saturated rings. The summed E-state index contributed by atoms with van der Waals surface area (Å²) in [5.41, 5.74) is 10.5. The number of rotatable bonds is 5. The summed E-state index contributed by atoms with van der Waals surface area (Å²) in [5, 5.41) is 5.11. The molecule has 0 aliphatic heterocycles. The molecule has 0 atom stereocenters. The fourth-order valence-corrected chi connectivity index (χ4v) is 1.37. The molecule has 0 aliphatic rings. The lowest BCUT2D eigenvalue weighted by atomic mass is 10.1. The van der Waals surface area contributed by atoms with E-state index in [0.717, 1.165) is 6.07 Å². The first kappa shape index (κ1) is 13.8. The number of benzene rings is 1. The molecule has 0 radical (unpaired) electrons. The number of likely N-dealkylation sites (N-methyl/N-ethyl adjacent to an activating group) is 1. The summed E-state index contributed by atoms with van der Waals surface area (Å²) in [6.45, 7) is 2.15. The Labute approximate surface area is 104 Å². The summed E-state index contributed by atoms with van der Waals surface area (Å²) in [7, 11) is 0. The minimum absolute atomic E-state index is 0.00394. The van der Waals surface area contributed by atoms with Gasteiger partial charge in [0.25, 0.3) is 5.91 Å².